The van der Waals surface area contributed by atoms with Crippen molar-refractivity contribution in [2.24, 2.45) is 5.92 Å². The number of nitrogens with zero attached hydrogens (tertiary/aromatic N) is 1. The molecule has 1 heterocycles. The molecule has 1 aliphatic rings. The van der Waals surface area contributed by atoms with E-state index >= 15 is 0 Å². The summed E-state index contributed by atoms with van der Waals surface area (Å²) >= 11 is 1.21. The van der Waals surface area contributed by atoms with Crippen molar-refractivity contribution in [2.75, 3.05) is 6.26 Å². The van der Waals surface area contributed by atoms with E-state index in [0.29, 0.717) is 22.7 Å². The van der Waals surface area contributed by atoms with E-state index in [-0.39, 0.29) is 11.9 Å². The molecule has 0 spiro atoms. The predicted molar refractivity (Wildman–Crippen MR) is 77.5 cm³/mol. The van der Waals surface area contributed by atoms with E-state index in [0.717, 1.165) is 0 Å². The molecule has 0 aromatic carbocycles. The fourth-order valence-electron chi connectivity index (χ4n) is 2.20. The molecule has 21 heavy (non-hydrogen) atoms. The molecule has 0 saturated carbocycles. The number of rotatable bonds is 4. The van der Waals surface area contributed by atoms with Gasteiger partial charge in [0, 0.05) is 11.7 Å². The third-order valence-electron chi connectivity index (χ3n) is 3.22. The van der Waals surface area contributed by atoms with Gasteiger partial charge in [0.15, 0.2) is 0 Å². The Labute approximate surface area is 124 Å². The monoisotopic (exact) mass is 309 g/mol. The van der Waals surface area contributed by atoms with Crippen molar-refractivity contribution in [3.8, 4) is 0 Å². The fraction of sp³-hybridized carbons (Fsp3) is 0.385. The van der Waals surface area contributed by atoms with Crippen LogP contribution in [0.2, 0.25) is 0 Å². The van der Waals surface area contributed by atoms with Gasteiger partial charge in [-0.15, -0.1) is 11.8 Å². The number of aromatic nitrogens is 2. The number of hydrogen-bond acceptors (Lipinski definition) is 5. The van der Waals surface area contributed by atoms with Crippen molar-refractivity contribution in [1.29, 1.82) is 0 Å². The number of carboxylic acid groups (broad SMARTS) is 1. The molecule has 0 aliphatic heterocycles. The average Bonchev–Trinajstić information content (AvgIpc) is 2.86. The van der Waals surface area contributed by atoms with Gasteiger partial charge in [-0.25, -0.2) is 4.79 Å². The van der Waals surface area contributed by atoms with Crippen LogP contribution in [0, 0.1) is 12.8 Å². The third kappa shape index (κ3) is 3.33. The summed E-state index contributed by atoms with van der Waals surface area (Å²) in [5, 5.41) is 12.0. The Bertz CT molecular complexity index is 668. The lowest BCUT2D eigenvalue weighted by molar-refractivity contribution is -0.140. The van der Waals surface area contributed by atoms with Gasteiger partial charge in [0.2, 0.25) is 0 Å². The van der Waals surface area contributed by atoms with Crippen LogP contribution in [-0.2, 0) is 4.79 Å². The van der Waals surface area contributed by atoms with Crippen molar-refractivity contribution < 1.29 is 14.7 Å². The number of aryl methyl sites for hydroxylation is 1. The van der Waals surface area contributed by atoms with E-state index in [1.807, 2.05) is 0 Å². The van der Waals surface area contributed by atoms with E-state index < -0.39 is 17.6 Å². The van der Waals surface area contributed by atoms with Crippen LogP contribution in [0.25, 0.3) is 0 Å². The molecule has 2 unspecified atom stereocenters. The van der Waals surface area contributed by atoms with Gasteiger partial charge >= 0.3 is 11.7 Å². The second kappa shape index (κ2) is 6.13. The molecule has 1 aromatic rings. The number of carboxylic acids is 1. The zero-order valence-electron chi connectivity index (χ0n) is 11.5. The van der Waals surface area contributed by atoms with Crippen molar-refractivity contribution >= 4 is 23.6 Å². The second-order valence-corrected chi connectivity index (χ2v) is 5.49. The SMILES string of the molecule is CSc1nc(=O)[nH]c(C)c1C(=O)NC1C=CC(C(=O)O)C1. The second-order valence-electron chi connectivity index (χ2n) is 4.70. The number of amides is 1. The topological polar surface area (TPSA) is 112 Å². The summed E-state index contributed by atoms with van der Waals surface area (Å²) in [5.74, 6) is -1.86. The van der Waals surface area contributed by atoms with Crippen LogP contribution in [-0.4, -0.2) is 39.2 Å². The summed E-state index contributed by atoms with van der Waals surface area (Å²) in [7, 11) is 0. The lowest BCUT2D eigenvalue weighted by Gasteiger charge is -2.14. The van der Waals surface area contributed by atoms with E-state index in [2.05, 4.69) is 15.3 Å². The molecule has 2 rings (SSSR count). The van der Waals surface area contributed by atoms with Gasteiger partial charge in [0.25, 0.3) is 5.91 Å². The third-order valence-corrected chi connectivity index (χ3v) is 3.91. The summed E-state index contributed by atoms with van der Waals surface area (Å²) < 4.78 is 0. The van der Waals surface area contributed by atoms with Crippen LogP contribution in [0.15, 0.2) is 22.0 Å². The van der Waals surface area contributed by atoms with Crippen molar-refractivity contribution in [1.82, 2.24) is 15.3 Å². The van der Waals surface area contributed by atoms with Crippen molar-refractivity contribution in [3.05, 3.63) is 33.9 Å². The Morgan fingerprint density at radius 3 is 2.76 bits per heavy atom. The zero-order chi connectivity index (χ0) is 15.6. The maximum atomic E-state index is 12.3. The van der Waals surface area contributed by atoms with E-state index in [9.17, 15) is 14.4 Å². The molecule has 112 valence electrons. The lowest BCUT2D eigenvalue weighted by Crippen LogP contribution is -2.35. The molecular formula is C13H15N3O4S. The summed E-state index contributed by atoms with van der Waals surface area (Å²) in [6.07, 6.45) is 5.30. The first-order valence-electron chi connectivity index (χ1n) is 6.29. The number of carbonyl (C=O) groups excluding carboxylic acids is 1. The number of H-pyrrole nitrogens is 1. The summed E-state index contributed by atoms with van der Waals surface area (Å²) in [6.45, 7) is 1.63. The fourth-order valence-corrected chi connectivity index (χ4v) is 2.83. The van der Waals surface area contributed by atoms with Crippen molar-refractivity contribution in [3.63, 3.8) is 0 Å². The predicted octanol–water partition coefficient (Wildman–Crippen LogP) is 0.559. The first-order chi connectivity index (χ1) is 9.92. The van der Waals surface area contributed by atoms with Gasteiger partial charge in [-0.05, 0) is 19.6 Å². The molecule has 2 atom stereocenters. The molecule has 3 N–H and O–H groups in total. The maximum absolute atomic E-state index is 12.3. The number of aromatic amines is 1. The van der Waals surface area contributed by atoms with E-state index in [1.165, 1.54) is 11.8 Å². The average molecular weight is 309 g/mol. The summed E-state index contributed by atoms with van der Waals surface area (Å²) in [6, 6.07) is -0.334. The number of carbonyl (C=O) groups is 2. The molecule has 0 saturated heterocycles. The highest BCUT2D eigenvalue weighted by Crippen LogP contribution is 2.21. The van der Waals surface area contributed by atoms with Crippen LogP contribution in [0.1, 0.15) is 22.5 Å². The molecule has 8 heteroatoms. The molecule has 1 aliphatic carbocycles. The van der Waals surface area contributed by atoms with Crippen LogP contribution in [0.3, 0.4) is 0 Å². The Morgan fingerprint density at radius 1 is 1.48 bits per heavy atom. The van der Waals surface area contributed by atoms with E-state index in [1.54, 1.807) is 25.3 Å². The molecule has 7 nitrogen and oxygen atoms in total. The first kappa shape index (κ1) is 15.3. The minimum Gasteiger partial charge on any atom is -0.481 e. The maximum Gasteiger partial charge on any atom is 0.346 e. The highest BCUT2D eigenvalue weighted by atomic mass is 32.2. The minimum atomic E-state index is -0.908. The van der Waals surface area contributed by atoms with Crippen LogP contribution in [0.4, 0.5) is 0 Å². The Kier molecular flexibility index (Phi) is 4.46. The number of aliphatic carboxylic acids is 1. The normalized spacial score (nSPS) is 20.5. The Hall–Kier alpha value is -2.09. The Morgan fingerprint density at radius 2 is 2.19 bits per heavy atom. The smallest absolute Gasteiger partial charge is 0.346 e. The standard InChI is InChI=1S/C13H15N3O4S/c1-6-9(11(21-2)16-13(20)14-6)10(17)15-8-4-3-7(5-8)12(18)19/h3-4,7-8H,5H2,1-2H3,(H,15,17)(H,18,19)(H,14,16,20). The number of hydrogen-bond donors (Lipinski definition) is 3. The van der Waals surface area contributed by atoms with Gasteiger partial charge in [0.1, 0.15) is 5.03 Å². The van der Waals surface area contributed by atoms with Gasteiger partial charge < -0.3 is 15.4 Å². The zero-order valence-corrected chi connectivity index (χ0v) is 12.4. The van der Waals surface area contributed by atoms with Crippen LogP contribution >= 0.6 is 11.8 Å². The van der Waals surface area contributed by atoms with Crippen molar-refractivity contribution in [2.45, 2.75) is 24.4 Å². The summed E-state index contributed by atoms with van der Waals surface area (Å²) in [4.78, 5) is 40.8. The van der Waals surface area contributed by atoms with Crippen LogP contribution in [0.5, 0.6) is 0 Å². The van der Waals surface area contributed by atoms with Gasteiger partial charge in [-0.1, -0.05) is 12.2 Å². The first-order valence-corrected chi connectivity index (χ1v) is 7.51. The lowest BCUT2D eigenvalue weighted by atomic mass is 10.1. The summed E-state index contributed by atoms with van der Waals surface area (Å²) in [5.41, 5.74) is 0.253. The highest BCUT2D eigenvalue weighted by Gasteiger charge is 2.27. The number of thioether (sulfide) groups is 1. The molecule has 1 aromatic heterocycles. The minimum absolute atomic E-state index is 0.314. The Balaban J connectivity index is 2.17. The molecule has 0 radical (unpaired) electrons. The molecular weight excluding hydrogens is 294 g/mol. The highest BCUT2D eigenvalue weighted by molar-refractivity contribution is 7.98. The van der Waals surface area contributed by atoms with Gasteiger partial charge in [0.05, 0.1) is 11.5 Å². The van der Waals surface area contributed by atoms with E-state index in [4.69, 9.17) is 5.11 Å². The van der Waals surface area contributed by atoms with Gasteiger partial charge in [-0.2, -0.15) is 4.98 Å². The largest absolute Gasteiger partial charge is 0.481 e. The van der Waals surface area contributed by atoms with Gasteiger partial charge in [-0.3, -0.25) is 9.59 Å². The molecule has 0 bridgehead atoms. The number of nitrogens with one attached hydrogen (secondary N) is 2. The molecule has 0 fully saturated rings. The molecule has 1 amide bonds. The quantitative estimate of drug-likeness (QED) is 0.425. The van der Waals surface area contributed by atoms with Crippen LogP contribution < -0.4 is 11.0 Å².